The van der Waals surface area contributed by atoms with E-state index in [0.717, 1.165) is 27.4 Å². The Morgan fingerprint density at radius 3 is 3.40 bits per heavy atom. The van der Waals surface area contributed by atoms with E-state index in [4.69, 9.17) is 4.74 Å². The largest absolute Gasteiger partial charge is 0.476 e. The monoisotopic (exact) mass is 239 g/mol. The van der Waals surface area contributed by atoms with Gasteiger partial charge in [-0.1, -0.05) is 0 Å². The van der Waals surface area contributed by atoms with Gasteiger partial charge in [0.2, 0.25) is 5.64 Å². The van der Waals surface area contributed by atoms with Crippen molar-refractivity contribution in [2.45, 2.75) is 24.9 Å². The van der Waals surface area contributed by atoms with Gasteiger partial charge in [0.25, 0.3) is 0 Å². The second-order valence-corrected chi connectivity index (χ2v) is 6.34. The van der Waals surface area contributed by atoms with Gasteiger partial charge in [0, 0.05) is 10.5 Å². The van der Waals surface area contributed by atoms with Crippen molar-refractivity contribution in [2.24, 2.45) is 4.99 Å². The van der Waals surface area contributed by atoms with Crippen molar-refractivity contribution >= 4 is 25.6 Å². The lowest BCUT2D eigenvalue weighted by atomic mass is 9.99. The van der Waals surface area contributed by atoms with Gasteiger partial charge in [0.1, 0.15) is 6.61 Å². The van der Waals surface area contributed by atoms with Crippen molar-refractivity contribution in [3.63, 3.8) is 0 Å². The lowest BCUT2D eigenvalue weighted by Crippen LogP contribution is -2.05. The summed E-state index contributed by atoms with van der Waals surface area (Å²) in [5, 5.41) is 2.23. The van der Waals surface area contributed by atoms with Gasteiger partial charge < -0.3 is 4.74 Å². The molecule has 2 aliphatic rings. The molecule has 15 heavy (non-hydrogen) atoms. The van der Waals surface area contributed by atoms with Crippen LogP contribution in [0.4, 0.5) is 0 Å². The minimum Gasteiger partial charge on any atom is -0.476 e. The van der Waals surface area contributed by atoms with E-state index in [2.05, 4.69) is 16.4 Å². The molecule has 1 aromatic rings. The van der Waals surface area contributed by atoms with Gasteiger partial charge in [-0.05, 0) is 44.9 Å². The highest BCUT2D eigenvalue weighted by atomic mass is 32.1. The van der Waals surface area contributed by atoms with Crippen LogP contribution >= 0.6 is 19.9 Å². The molecular formula is C11H14NOPS. The maximum absolute atomic E-state index is 5.51. The molecule has 1 aliphatic carbocycles. The molecule has 0 amide bonds. The number of aliphatic imine (C=N–C) groups is 1. The number of hydrogen-bond acceptors (Lipinski definition) is 3. The summed E-state index contributed by atoms with van der Waals surface area (Å²) < 4.78 is 5.51. The molecule has 0 N–H and O–H groups in total. The van der Waals surface area contributed by atoms with Crippen LogP contribution in [0.3, 0.4) is 0 Å². The Hall–Kier alpha value is -0.400. The fraction of sp³-hybridized carbons (Fsp3) is 0.545. The number of hydrogen-bond donors (Lipinski definition) is 0. The summed E-state index contributed by atoms with van der Waals surface area (Å²) in [6, 6.07) is 2.30. The molecule has 0 spiro atoms. The molecule has 0 bridgehead atoms. The quantitative estimate of drug-likeness (QED) is 0.726. The second-order valence-electron chi connectivity index (χ2n) is 3.92. The van der Waals surface area contributed by atoms with Gasteiger partial charge >= 0.3 is 0 Å². The van der Waals surface area contributed by atoms with Gasteiger partial charge in [-0.25, -0.2) is 4.99 Å². The number of ether oxygens (including phenoxy) is 1. The second kappa shape index (κ2) is 4.23. The SMILES string of the molecule is c1cc2c(s1)CCCC2PC1=NCCO1. The Bertz CT molecular complexity index is 388. The Balaban J connectivity index is 1.78. The third-order valence-electron chi connectivity index (χ3n) is 2.94. The molecule has 2 nitrogen and oxygen atoms in total. The Kier molecular flexibility index (Phi) is 2.76. The molecule has 4 heteroatoms. The predicted molar refractivity (Wildman–Crippen MR) is 66.6 cm³/mol. The van der Waals surface area contributed by atoms with Gasteiger partial charge in [0.15, 0.2) is 0 Å². The number of thiophene rings is 1. The number of fused-ring (bicyclic) bond motifs is 1. The van der Waals surface area contributed by atoms with Gasteiger partial charge in [0.05, 0.1) is 6.54 Å². The Morgan fingerprint density at radius 1 is 1.53 bits per heavy atom. The van der Waals surface area contributed by atoms with Gasteiger partial charge in [-0.15, -0.1) is 11.3 Å². The first-order chi connectivity index (χ1) is 7.43. The van der Waals surface area contributed by atoms with Crippen LogP contribution in [0.1, 0.15) is 28.9 Å². The average Bonchev–Trinajstić information content (AvgIpc) is 2.87. The van der Waals surface area contributed by atoms with Crippen molar-refractivity contribution in [2.75, 3.05) is 13.2 Å². The Labute approximate surface area is 95.5 Å². The Morgan fingerprint density at radius 2 is 2.53 bits per heavy atom. The van der Waals surface area contributed by atoms with E-state index in [0.29, 0.717) is 5.66 Å². The van der Waals surface area contributed by atoms with Crippen LogP contribution in [0.25, 0.3) is 0 Å². The van der Waals surface area contributed by atoms with E-state index in [1.165, 1.54) is 19.3 Å². The maximum atomic E-state index is 5.51. The fourth-order valence-corrected chi connectivity index (χ4v) is 4.76. The van der Waals surface area contributed by atoms with Crippen LogP contribution in [0.15, 0.2) is 16.4 Å². The smallest absolute Gasteiger partial charge is 0.203 e. The predicted octanol–water partition coefficient (Wildman–Crippen LogP) is 3.19. The van der Waals surface area contributed by atoms with Crippen LogP contribution in [-0.2, 0) is 11.2 Å². The molecule has 0 fully saturated rings. The summed E-state index contributed by atoms with van der Waals surface area (Å²) in [4.78, 5) is 5.99. The first-order valence-electron chi connectivity index (χ1n) is 5.43. The van der Waals surface area contributed by atoms with E-state index in [1.807, 2.05) is 11.3 Å². The molecule has 80 valence electrons. The van der Waals surface area contributed by atoms with Gasteiger partial charge in [-0.2, -0.15) is 0 Å². The third kappa shape index (κ3) is 1.95. The van der Waals surface area contributed by atoms with Crippen molar-refractivity contribution in [3.05, 3.63) is 21.9 Å². The molecule has 2 atom stereocenters. The van der Waals surface area contributed by atoms with E-state index >= 15 is 0 Å². The normalized spacial score (nSPS) is 25.3. The summed E-state index contributed by atoms with van der Waals surface area (Å²) in [5.74, 6) is 0. The van der Waals surface area contributed by atoms with Crippen molar-refractivity contribution < 1.29 is 4.74 Å². The minimum absolute atomic E-state index is 0.692. The van der Waals surface area contributed by atoms with E-state index in [9.17, 15) is 0 Å². The summed E-state index contributed by atoms with van der Waals surface area (Å²) >= 11 is 1.91. The van der Waals surface area contributed by atoms with Crippen LogP contribution in [0, 0.1) is 0 Å². The molecule has 3 rings (SSSR count). The molecular weight excluding hydrogens is 225 g/mol. The standard InChI is InChI=1S/C11H14NOPS/c1-2-9(14-11-12-5-6-13-11)8-4-7-15-10(8)3-1/h4,7,9,14H,1-3,5-6H2. The zero-order chi connectivity index (χ0) is 10.1. The molecule has 0 saturated heterocycles. The summed E-state index contributed by atoms with van der Waals surface area (Å²) in [6.45, 7) is 1.66. The van der Waals surface area contributed by atoms with Gasteiger partial charge in [-0.3, -0.25) is 0 Å². The highest BCUT2D eigenvalue weighted by Gasteiger charge is 2.24. The molecule has 0 saturated carbocycles. The van der Waals surface area contributed by atoms with E-state index in [-0.39, 0.29) is 0 Å². The fourth-order valence-electron chi connectivity index (χ4n) is 2.21. The number of rotatable bonds is 2. The van der Waals surface area contributed by atoms with E-state index in [1.54, 1.807) is 10.4 Å². The first-order valence-corrected chi connectivity index (χ1v) is 7.39. The lowest BCUT2D eigenvalue weighted by Gasteiger charge is -2.21. The minimum atomic E-state index is 0.692. The molecule has 1 aliphatic heterocycles. The summed E-state index contributed by atoms with van der Waals surface area (Å²) in [6.07, 6.45) is 3.92. The van der Waals surface area contributed by atoms with Crippen LogP contribution < -0.4 is 0 Å². The van der Waals surface area contributed by atoms with Crippen LogP contribution in [0.5, 0.6) is 0 Å². The van der Waals surface area contributed by atoms with Crippen molar-refractivity contribution in [3.8, 4) is 0 Å². The topological polar surface area (TPSA) is 21.6 Å². The van der Waals surface area contributed by atoms with Crippen LogP contribution in [0.2, 0.25) is 0 Å². The molecule has 1 aromatic heterocycles. The summed E-state index contributed by atoms with van der Waals surface area (Å²) in [7, 11) is 0.753. The van der Waals surface area contributed by atoms with Crippen molar-refractivity contribution in [1.82, 2.24) is 0 Å². The first kappa shape index (κ1) is 9.80. The van der Waals surface area contributed by atoms with Crippen molar-refractivity contribution in [1.29, 1.82) is 0 Å². The average molecular weight is 239 g/mol. The summed E-state index contributed by atoms with van der Waals surface area (Å²) in [5.41, 5.74) is 3.28. The maximum Gasteiger partial charge on any atom is 0.203 e. The highest BCUT2D eigenvalue weighted by molar-refractivity contribution is 7.58. The van der Waals surface area contributed by atoms with E-state index < -0.39 is 0 Å². The lowest BCUT2D eigenvalue weighted by molar-refractivity contribution is 0.355. The zero-order valence-electron chi connectivity index (χ0n) is 8.53. The molecule has 0 radical (unpaired) electrons. The highest BCUT2D eigenvalue weighted by Crippen LogP contribution is 2.46. The van der Waals surface area contributed by atoms with Crippen LogP contribution in [-0.4, -0.2) is 18.8 Å². The number of nitrogens with zero attached hydrogens (tertiary/aromatic N) is 1. The molecule has 0 aromatic carbocycles. The molecule has 2 unspecified atom stereocenters. The zero-order valence-corrected chi connectivity index (χ0v) is 10.3. The number of aryl methyl sites for hydroxylation is 1. The third-order valence-corrected chi connectivity index (χ3v) is 5.43. The molecule has 2 heterocycles.